The molecule has 0 atom stereocenters. The van der Waals surface area contributed by atoms with Gasteiger partial charge in [-0.3, -0.25) is 4.79 Å². The van der Waals surface area contributed by atoms with Crippen LogP contribution in [0.2, 0.25) is 0 Å². The molecule has 1 N–H and O–H groups in total. The molecule has 16 heavy (non-hydrogen) atoms. The highest BCUT2D eigenvalue weighted by Gasteiger charge is 2.21. The normalized spacial score (nSPS) is 14.9. The highest BCUT2D eigenvalue weighted by atomic mass is 79.9. The standard InChI is InChI=1S/C12H13BrFNO/c13-10-3-1-2-9(11(10)14)12(16)15-7-6-8-4-5-8/h1-3,8H,4-7H2,(H,15,16). The Balaban J connectivity index is 1.93. The van der Waals surface area contributed by atoms with E-state index in [4.69, 9.17) is 0 Å². The molecule has 0 heterocycles. The summed E-state index contributed by atoms with van der Waals surface area (Å²) in [6.07, 6.45) is 3.53. The molecule has 0 saturated heterocycles. The summed E-state index contributed by atoms with van der Waals surface area (Å²) in [5.74, 6) is -0.0569. The Labute approximate surface area is 102 Å². The summed E-state index contributed by atoms with van der Waals surface area (Å²) in [7, 11) is 0. The molecule has 1 aromatic rings. The van der Waals surface area contributed by atoms with Crippen molar-refractivity contribution in [2.24, 2.45) is 5.92 Å². The quantitative estimate of drug-likeness (QED) is 0.905. The van der Waals surface area contributed by atoms with Gasteiger partial charge in [0.15, 0.2) is 0 Å². The number of hydrogen-bond acceptors (Lipinski definition) is 1. The Kier molecular flexibility index (Phi) is 3.59. The molecule has 4 heteroatoms. The molecule has 86 valence electrons. The van der Waals surface area contributed by atoms with Crippen molar-refractivity contribution in [1.29, 1.82) is 0 Å². The minimum absolute atomic E-state index is 0.102. The first-order valence-electron chi connectivity index (χ1n) is 5.40. The van der Waals surface area contributed by atoms with Gasteiger partial charge in [0.1, 0.15) is 5.82 Å². The summed E-state index contributed by atoms with van der Waals surface area (Å²) < 4.78 is 13.9. The number of carbonyl (C=O) groups excluding carboxylic acids is 1. The van der Waals surface area contributed by atoms with Crippen molar-refractivity contribution in [1.82, 2.24) is 5.32 Å². The Morgan fingerprint density at radius 2 is 2.25 bits per heavy atom. The molecule has 1 fully saturated rings. The predicted octanol–water partition coefficient (Wildman–Crippen LogP) is 3.12. The molecule has 1 saturated carbocycles. The van der Waals surface area contributed by atoms with Crippen molar-refractivity contribution in [3.8, 4) is 0 Å². The Morgan fingerprint density at radius 1 is 1.50 bits per heavy atom. The van der Waals surface area contributed by atoms with Gasteiger partial charge in [-0.15, -0.1) is 0 Å². The van der Waals surface area contributed by atoms with E-state index in [2.05, 4.69) is 21.2 Å². The van der Waals surface area contributed by atoms with Crippen LogP contribution in [0.5, 0.6) is 0 Å². The van der Waals surface area contributed by atoms with Gasteiger partial charge in [0.2, 0.25) is 0 Å². The summed E-state index contributed by atoms with van der Waals surface area (Å²) in [6, 6.07) is 4.73. The fourth-order valence-corrected chi connectivity index (χ4v) is 1.94. The first-order chi connectivity index (χ1) is 7.68. The van der Waals surface area contributed by atoms with E-state index in [-0.39, 0.29) is 11.5 Å². The van der Waals surface area contributed by atoms with Crippen molar-refractivity contribution in [2.75, 3.05) is 6.54 Å². The zero-order valence-electron chi connectivity index (χ0n) is 8.80. The summed E-state index contributed by atoms with van der Waals surface area (Å²) in [5, 5.41) is 2.74. The fourth-order valence-electron chi connectivity index (χ4n) is 1.57. The summed E-state index contributed by atoms with van der Waals surface area (Å²) in [6.45, 7) is 0.634. The number of rotatable bonds is 4. The van der Waals surface area contributed by atoms with Gasteiger partial charge in [-0.2, -0.15) is 0 Å². The van der Waals surface area contributed by atoms with Crippen LogP contribution in [0.25, 0.3) is 0 Å². The number of nitrogens with one attached hydrogen (secondary N) is 1. The maximum Gasteiger partial charge on any atom is 0.254 e. The lowest BCUT2D eigenvalue weighted by Crippen LogP contribution is -2.25. The molecule has 0 bridgehead atoms. The minimum Gasteiger partial charge on any atom is -0.352 e. The van der Waals surface area contributed by atoms with E-state index in [1.54, 1.807) is 12.1 Å². The van der Waals surface area contributed by atoms with Crippen LogP contribution < -0.4 is 5.32 Å². The van der Waals surface area contributed by atoms with Gasteiger partial charge in [0.25, 0.3) is 5.91 Å². The molecule has 2 rings (SSSR count). The molecule has 2 nitrogen and oxygen atoms in total. The van der Waals surface area contributed by atoms with Crippen LogP contribution in [0.3, 0.4) is 0 Å². The predicted molar refractivity (Wildman–Crippen MR) is 63.8 cm³/mol. The third kappa shape index (κ3) is 2.82. The molecule has 0 aromatic heterocycles. The van der Waals surface area contributed by atoms with E-state index >= 15 is 0 Å². The lowest BCUT2D eigenvalue weighted by Gasteiger charge is -2.06. The first kappa shape index (κ1) is 11.6. The topological polar surface area (TPSA) is 29.1 Å². The number of benzene rings is 1. The van der Waals surface area contributed by atoms with Crippen molar-refractivity contribution in [2.45, 2.75) is 19.3 Å². The molecular weight excluding hydrogens is 273 g/mol. The van der Waals surface area contributed by atoms with E-state index in [0.29, 0.717) is 11.0 Å². The second-order valence-corrected chi connectivity index (χ2v) is 4.94. The highest BCUT2D eigenvalue weighted by molar-refractivity contribution is 9.10. The van der Waals surface area contributed by atoms with Gasteiger partial charge in [0.05, 0.1) is 10.0 Å². The zero-order valence-corrected chi connectivity index (χ0v) is 10.4. The van der Waals surface area contributed by atoms with Gasteiger partial charge >= 0.3 is 0 Å². The third-order valence-electron chi connectivity index (χ3n) is 2.73. The van der Waals surface area contributed by atoms with Gasteiger partial charge in [-0.05, 0) is 40.4 Å². The molecule has 0 unspecified atom stereocenters. The number of hydrogen-bond donors (Lipinski definition) is 1. The smallest absolute Gasteiger partial charge is 0.254 e. The van der Waals surface area contributed by atoms with Crippen LogP contribution >= 0.6 is 15.9 Å². The molecule has 1 aliphatic carbocycles. The summed E-state index contributed by atoms with van der Waals surface area (Å²) in [4.78, 5) is 11.6. The lowest BCUT2D eigenvalue weighted by atomic mass is 10.2. The maximum absolute atomic E-state index is 13.5. The molecule has 1 amide bonds. The average molecular weight is 286 g/mol. The van der Waals surface area contributed by atoms with Gasteiger partial charge < -0.3 is 5.32 Å². The Hall–Kier alpha value is -0.900. The fraction of sp³-hybridized carbons (Fsp3) is 0.417. The number of amides is 1. The molecule has 0 radical (unpaired) electrons. The van der Waals surface area contributed by atoms with Gasteiger partial charge in [0, 0.05) is 6.54 Å². The van der Waals surface area contributed by atoms with Crippen molar-refractivity contribution in [3.05, 3.63) is 34.1 Å². The number of carbonyl (C=O) groups is 1. The van der Waals surface area contributed by atoms with Crippen LogP contribution in [0.4, 0.5) is 4.39 Å². The Bertz CT molecular complexity index is 404. The molecule has 1 aromatic carbocycles. The minimum atomic E-state index is -0.494. The Morgan fingerprint density at radius 3 is 2.94 bits per heavy atom. The SMILES string of the molecule is O=C(NCCC1CC1)c1cccc(Br)c1F. The molecular formula is C12H13BrFNO. The average Bonchev–Trinajstić information content (AvgIpc) is 3.06. The van der Waals surface area contributed by atoms with Crippen LogP contribution in [0.15, 0.2) is 22.7 Å². The van der Waals surface area contributed by atoms with Crippen LogP contribution in [-0.2, 0) is 0 Å². The summed E-state index contributed by atoms with van der Waals surface area (Å²) >= 11 is 3.06. The monoisotopic (exact) mass is 285 g/mol. The second-order valence-electron chi connectivity index (χ2n) is 4.09. The first-order valence-corrected chi connectivity index (χ1v) is 6.20. The van der Waals surface area contributed by atoms with E-state index < -0.39 is 5.82 Å². The van der Waals surface area contributed by atoms with Crippen molar-refractivity contribution in [3.63, 3.8) is 0 Å². The molecule has 0 spiro atoms. The van der Waals surface area contributed by atoms with E-state index in [0.717, 1.165) is 12.3 Å². The highest BCUT2D eigenvalue weighted by Crippen LogP contribution is 2.31. The van der Waals surface area contributed by atoms with Gasteiger partial charge in [-0.1, -0.05) is 18.9 Å². The number of halogens is 2. The molecule has 1 aliphatic rings. The largest absolute Gasteiger partial charge is 0.352 e. The van der Waals surface area contributed by atoms with Crippen LogP contribution in [-0.4, -0.2) is 12.5 Å². The van der Waals surface area contributed by atoms with Gasteiger partial charge in [-0.25, -0.2) is 4.39 Å². The van der Waals surface area contributed by atoms with Crippen LogP contribution in [0, 0.1) is 11.7 Å². The van der Waals surface area contributed by atoms with Crippen molar-refractivity contribution >= 4 is 21.8 Å². The van der Waals surface area contributed by atoms with E-state index in [9.17, 15) is 9.18 Å². The van der Waals surface area contributed by atoms with E-state index in [1.165, 1.54) is 18.9 Å². The lowest BCUT2D eigenvalue weighted by molar-refractivity contribution is 0.0948. The zero-order chi connectivity index (χ0) is 11.5. The molecule has 0 aliphatic heterocycles. The van der Waals surface area contributed by atoms with E-state index in [1.807, 2.05) is 0 Å². The van der Waals surface area contributed by atoms with Crippen molar-refractivity contribution < 1.29 is 9.18 Å². The third-order valence-corrected chi connectivity index (χ3v) is 3.34. The maximum atomic E-state index is 13.5. The summed E-state index contributed by atoms with van der Waals surface area (Å²) in [5.41, 5.74) is 0.102. The second kappa shape index (κ2) is 4.95. The van der Waals surface area contributed by atoms with Crippen LogP contribution in [0.1, 0.15) is 29.6 Å².